The van der Waals surface area contributed by atoms with Gasteiger partial charge in [0.25, 0.3) is 0 Å². The lowest BCUT2D eigenvalue weighted by Crippen LogP contribution is -2.57. The molecular formula is C15H23NO3. The molecule has 0 N–H and O–H groups in total. The van der Waals surface area contributed by atoms with Crippen LogP contribution in [0.15, 0.2) is 0 Å². The number of piperidine rings is 1. The number of hydrogen-bond donors (Lipinski definition) is 0. The second-order valence-electron chi connectivity index (χ2n) is 7.43. The van der Waals surface area contributed by atoms with Crippen molar-refractivity contribution in [2.75, 3.05) is 13.1 Å². The molecule has 0 bridgehead atoms. The molecule has 3 rings (SSSR count). The minimum atomic E-state index is -0.434. The van der Waals surface area contributed by atoms with Crippen molar-refractivity contribution in [2.24, 2.45) is 10.8 Å². The first-order valence-corrected chi connectivity index (χ1v) is 7.29. The van der Waals surface area contributed by atoms with Crippen molar-refractivity contribution in [3.63, 3.8) is 0 Å². The molecule has 0 radical (unpaired) electrons. The zero-order valence-electron chi connectivity index (χ0n) is 12.1. The van der Waals surface area contributed by atoms with Gasteiger partial charge in [0.15, 0.2) is 0 Å². The number of carbonyl (C=O) groups is 2. The minimum Gasteiger partial charge on any atom is -0.444 e. The van der Waals surface area contributed by atoms with E-state index in [-0.39, 0.29) is 16.9 Å². The van der Waals surface area contributed by atoms with Crippen LogP contribution in [0.5, 0.6) is 0 Å². The summed E-state index contributed by atoms with van der Waals surface area (Å²) in [4.78, 5) is 25.6. The number of hydrogen-bond acceptors (Lipinski definition) is 3. The van der Waals surface area contributed by atoms with Gasteiger partial charge in [0.1, 0.15) is 11.4 Å². The number of Topliss-reactive ketones (excluding diaryl/α,β-unsaturated/α-hetero) is 1. The fraction of sp³-hybridized carbons (Fsp3) is 0.867. The third-order valence-corrected chi connectivity index (χ3v) is 5.17. The minimum absolute atomic E-state index is 0.0347. The van der Waals surface area contributed by atoms with E-state index in [1.165, 1.54) is 0 Å². The first-order chi connectivity index (χ1) is 8.78. The lowest BCUT2D eigenvalue weighted by Gasteiger charge is -2.53. The van der Waals surface area contributed by atoms with Gasteiger partial charge in [0, 0.05) is 24.9 Å². The smallest absolute Gasteiger partial charge is 0.410 e. The molecule has 0 aromatic heterocycles. The SMILES string of the molecule is CC(C)(C)OC(=O)N1CCC2(CC1)CC(=O)C21CC1. The van der Waals surface area contributed by atoms with E-state index < -0.39 is 5.60 Å². The Kier molecular flexibility index (Phi) is 2.55. The molecule has 0 atom stereocenters. The molecule has 4 nitrogen and oxygen atoms in total. The Hall–Kier alpha value is -1.06. The molecule has 3 aliphatic rings. The van der Waals surface area contributed by atoms with Gasteiger partial charge in [-0.15, -0.1) is 0 Å². The summed E-state index contributed by atoms with van der Waals surface area (Å²) >= 11 is 0. The van der Waals surface area contributed by atoms with Gasteiger partial charge in [-0.2, -0.15) is 0 Å². The van der Waals surface area contributed by atoms with Crippen molar-refractivity contribution in [3.8, 4) is 0 Å². The van der Waals surface area contributed by atoms with Crippen LogP contribution in [0.4, 0.5) is 4.79 Å². The number of rotatable bonds is 0. The standard InChI is InChI=1S/C15H23NO3/c1-13(2,3)19-12(18)16-8-6-14(7-9-16)10-11(17)15(14)4-5-15/h4-10H2,1-3H3. The van der Waals surface area contributed by atoms with Crippen molar-refractivity contribution in [3.05, 3.63) is 0 Å². The predicted molar refractivity (Wildman–Crippen MR) is 70.8 cm³/mol. The molecule has 0 aromatic carbocycles. The van der Waals surface area contributed by atoms with E-state index in [4.69, 9.17) is 4.74 Å². The van der Waals surface area contributed by atoms with Crippen LogP contribution in [0, 0.1) is 10.8 Å². The van der Waals surface area contributed by atoms with Gasteiger partial charge < -0.3 is 9.64 Å². The van der Waals surface area contributed by atoms with E-state index in [0.29, 0.717) is 5.78 Å². The van der Waals surface area contributed by atoms with E-state index in [1.807, 2.05) is 20.8 Å². The van der Waals surface area contributed by atoms with Crippen molar-refractivity contribution < 1.29 is 14.3 Å². The molecule has 106 valence electrons. The second-order valence-corrected chi connectivity index (χ2v) is 7.43. The largest absolute Gasteiger partial charge is 0.444 e. The van der Waals surface area contributed by atoms with Crippen LogP contribution in [0.1, 0.15) is 52.9 Å². The number of nitrogens with zero attached hydrogens (tertiary/aromatic N) is 1. The molecule has 1 heterocycles. The number of fused-ring (bicyclic) bond motifs is 1. The molecule has 3 fully saturated rings. The Bertz CT molecular complexity index is 423. The summed E-state index contributed by atoms with van der Waals surface area (Å²) in [6, 6.07) is 0. The first-order valence-electron chi connectivity index (χ1n) is 7.29. The van der Waals surface area contributed by atoms with E-state index >= 15 is 0 Å². The molecule has 0 aromatic rings. The predicted octanol–water partition coefficient (Wildman–Crippen LogP) is 2.76. The third-order valence-electron chi connectivity index (χ3n) is 5.17. The van der Waals surface area contributed by atoms with Gasteiger partial charge in [-0.3, -0.25) is 4.79 Å². The van der Waals surface area contributed by atoms with Gasteiger partial charge in [0.05, 0.1) is 0 Å². The third kappa shape index (κ3) is 1.87. The summed E-state index contributed by atoms with van der Waals surface area (Å²) in [6.07, 6.45) is 4.64. The first kappa shape index (κ1) is 12.9. The number of likely N-dealkylation sites (tertiary alicyclic amines) is 1. The summed E-state index contributed by atoms with van der Waals surface area (Å²) in [5, 5.41) is 0. The Morgan fingerprint density at radius 2 is 1.74 bits per heavy atom. The molecule has 4 heteroatoms. The maximum absolute atomic E-state index is 12.0. The highest BCUT2D eigenvalue weighted by molar-refractivity contribution is 5.95. The van der Waals surface area contributed by atoms with Crippen LogP contribution in [0.25, 0.3) is 0 Å². The van der Waals surface area contributed by atoms with E-state index in [1.54, 1.807) is 4.90 Å². The maximum Gasteiger partial charge on any atom is 0.410 e. The summed E-state index contributed by atoms with van der Waals surface area (Å²) in [6.45, 7) is 7.15. The van der Waals surface area contributed by atoms with Crippen LogP contribution in [-0.2, 0) is 9.53 Å². The summed E-state index contributed by atoms with van der Waals surface area (Å²) in [7, 11) is 0. The zero-order chi connectivity index (χ0) is 13.9. The van der Waals surface area contributed by atoms with Crippen molar-refractivity contribution in [2.45, 2.75) is 58.5 Å². The van der Waals surface area contributed by atoms with Crippen LogP contribution in [0.2, 0.25) is 0 Å². The van der Waals surface area contributed by atoms with Crippen LogP contribution < -0.4 is 0 Å². The Morgan fingerprint density at radius 3 is 2.16 bits per heavy atom. The Morgan fingerprint density at radius 1 is 1.16 bits per heavy atom. The van der Waals surface area contributed by atoms with Gasteiger partial charge in [-0.1, -0.05) is 0 Å². The number of amides is 1. The Balaban J connectivity index is 1.59. The highest BCUT2D eigenvalue weighted by atomic mass is 16.6. The quantitative estimate of drug-likeness (QED) is 0.676. The molecule has 2 spiro atoms. The summed E-state index contributed by atoms with van der Waals surface area (Å²) in [5.41, 5.74) is -0.175. The molecular weight excluding hydrogens is 242 g/mol. The van der Waals surface area contributed by atoms with Crippen LogP contribution in [-0.4, -0.2) is 35.5 Å². The van der Waals surface area contributed by atoms with Crippen molar-refractivity contribution in [1.29, 1.82) is 0 Å². The normalized spacial score (nSPS) is 27.3. The number of ketones is 1. The van der Waals surface area contributed by atoms with Crippen molar-refractivity contribution >= 4 is 11.9 Å². The van der Waals surface area contributed by atoms with E-state index in [9.17, 15) is 9.59 Å². The molecule has 19 heavy (non-hydrogen) atoms. The van der Waals surface area contributed by atoms with Gasteiger partial charge in [-0.05, 0) is 51.9 Å². The molecule has 1 saturated heterocycles. The van der Waals surface area contributed by atoms with Crippen LogP contribution in [0.3, 0.4) is 0 Å². The zero-order valence-corrected chi connectivity index (χ0v) is 12.1. The maximum atomic E-state index is 12.0. The number of ether oxygens (including phenoxy) is 1. The number of carbonyl (C=O) groups excluding carboxylic acids is 2. The average Bonchev–Trinajstić information content (AvgIpc) is 3.10. The lowest BCUT2D eigenvalue weighted by atomic mass is 9.52. The molecule has 2 saturated carbocycles. The molecule has 0 unspecified atom stereocenters. The summed E-state index contributed by atoms with van der Waals surface area (Å²) < 4.78 is 5.41. The highest BCUT2D eigenvalue weighted by Gasteiger charge is 2.71. The van der Waals surface area contributed by atoms with E-state index in [2.05, 4.69) is 0 Å². The van der Waals surface area contributed by atoms with E-state index in [0.717, 1.165) is 45.2 Å². The monoisotopic (exact) mass is 265 g/mol. The second kappa shape index (κ2) is 3.74. The van der Waals surface area contributed by atoms with Gasteiger partial charge in [-0.25, -0.2) is 4.79 Å². The van der Waals surface area contributed by atoms with Crippen molar-refractivity contribution in [1.82, 2.24) is 4.90 Å². The molecule has 2 aliphatic carbocycles. The Labute approximate surface area is 114 Å². The van der Waals surface area contributed by atoms with Gasteiger partial charge in [0.2, 0.25) is 0 Å². The highest BCUT2D eigenvalue weighted by Crippen LogP contribution is 2.72. The molecule has 1 amide bonds. The van der Waals surface area contributed by atoms with Gasteiger partial charge >= 0.3 is 6.09 Å². The fourth-order valence-corrected chi connectivity index (χ4v) is 3.87. The lowest BCUT2D eigenvalue weighted by molar-refractivity contribution is -0.152. The average molecular weight is 265 g/mol. The van der Waals surface area contributed by atoms with Crippen LogP contribution >= 0.6 is 0 Å². The fourth-order valence-electron chi connectivity index (χ4n) is 3.87. The summed E-state index contributed by atoms with van der Waals surface area (Å²) in [5.74, 6) is 0.471. The topological polar surface area (TPSA) is 46.6 Å². The molecule has 1 aliphatic heterocycles.